The van der Waals surface area contributed by atoms with Crippen LogP contribution in [0.4, 0.5) is 0 Å². The fraction of sp³-hybridized carbons (Fsp3) is 0.667. The third kappa shape index (κ3) is 2.42. The van der Waals surface area contributed by atoms with E-state index in [-0.39, 0.29) is 10.8 Å². The quantitative estimate of drug-likeness (QED) is 0.879. The summed E-state index contributed by atoms with van der Waals surface area (Å²) < 4.78 is 0. The highest BCUT2D eigenvalue weighted by atomic mass is 16.2. The molecule has 2 heteroatoms. The van der Waals surface area contributed by atoms with Crippen molar-refractivity contribution in [3.05, 3.63) is 35.4 Å². The Hall–Kier alpha value is -1.31. The van der Waals surface area contributed by atoms with Crippen molar-refractivity contribution >= 4 is 5.91 Å². The van der Waals surface area contributed by atoms with Crippen molar-refractivity contribution in [2.75, 3.05) is 6.54 Å². The minimum absolute atomic E-state index is 0.0792. The largest absolute Gasteiger partial charge is 0.356 e. The minimum atomic E-state index is -0.0792. The first-order valence-corrected chi connectivity index (χ1v) is 9.41. The fourth-order valence-electron chi connectivity index (χ4n) is 6.20. The number of carbonyl (C=O) groups is 1. The van der Waals surface area contributed by atoms with Crippen LogP contribution in [0.15, 0.2) is 24.3 Å². The zero-order valence-corrected chi connectivity index (χ0v) is 14.5. The van der Waals surface area contributed by atoms with Crippen molar-refractivity contribution in [1.29, 1.82) is 0 Å². The number of rotatable bonds is 4. The van der Waals surface area contributed by atoms with Gasteiger partial charge in [0.1, 0.15) is 0 Å². The molecule has 1 amide bonds. The van der Waals surface area contributed by atoms with E-state index < -0.39 is 0 Å². The second kappa shape index (κ2) is 5.36. The summed E-state index contributed by atoms with van der Waals surface area (Å²) in [5.41, 5.74) is 3.00. The molecule has 4 aliphatic rings. The summed E-state index contributed by atoms with van der Waals surface area (Å²) in [5, 5.41) is 3.23. The summed E-state index contributed by atoms with van der Waals surface area (Å²) >= 11 is 0. The van der Waals surface area contributed by atoms with Crippen LogP contribution < -0.4 is 5.32 Å². The van der Waals surface area contributed by atoms with Gasteiger partial charge in [-0.05, 0) is 74.7 Å². The third-order valence-electron chi connectivity index (χ3n) is 6.74. The first kappa shape index (κ1) is 15.2. The van der Waals surface area contributed by atoms with Crippen LogP contribution in [0, 0.1) is 24.2 Å². The van der Waals surface area contributed by atoms with Gasteiger partial charge < -0.3 is 5.32 Å². The summed E-state index contributed by atoms with van der Waals surface area (Å²) in [5.74, 6) is 1.86. The Morgan fingerprint density at radius 1 is 1.13 bits per heavy atom. The van der Waals surface area contributed by atoms with Crippen LogP contribution >= 0.6 is 0 Å². The van der Waals surface area contributed by atoms with E-state index in [0.29, 0.717) is 5.91 Å². The predicted molar refractivity (Wildman–Crippen MR) is 93.3 cm³/mol. The van der Waals surface area contributed by atoms with Crippen LogP contribution in [0.5, 0.6) is 0 Å². The van der Waals surface area contributed by atoms with Gasteiger partial charge in [-0.3, -0.25) is 4.79 Å². The first-order valence-electron chi connectivity index (χ1n) is 9.41. The maximum Gasteiger partial charge on any atom is 0.226 e. The second-order valence-corrected chi connectivity index (χ2v) is 8.64. The molecule has 0 radical (unpaired) electrons. The van der Waals surface area contributed by atoms with E-state index in [1.807, 2.05) is 0 Å². The van der Waals surface area contributed by atoms with Gasteiger partial charge in [-0.2, -0.15) is 0 Å². The number of benzene rings is 1. The van der Waals surface area contributed by atoms with Crippen LogP contribution in [0.3, 0.4) is 0 Å². The molecular formula is C21H29NO. The number of aryl methyl sites for hydroxylation is 1. The van der Waals surface area contributed by atoms with Crippen molar-refractivity contribution in [2.45, 2.75) is 64.2 Å². The first-order chi connectivity index (χ1) is 11.1. The molecule has 4 saturated carbocycles. The number of hydrogen-bond donors (Lipinski definition) is 1. The molecule has 4 fully saturated rings. The minimum Gasteiger partial charge on any atom is -0.356 e. The van der Waals surface area contributed by atoms with Crippen molar-refractivity contribution in [1.82, 2.24) is 5.32 Å². The summed E-state index contributed by atoms with van der Waals surface area (Å²) in [6.07, 6.45) is 8.32. The van der Waals surface area contributed by atoms with Crippen molar-refractivity contribution in [2.24, 2.45) is 17.3 Å². The van der Waals surface area contributed by atoms with Gasteiger partial charge in [0, 0.05) is 6.54 Å². The average molecular weight is 311 g/mol. The normalized spacial score (nSPS) is 37.8. The molecule has 4 atom stereocenters. The molecule has 0 aromatic heterocycles. The highest BCUT2D eigenvalue weighted by Gasteiger charge is 2.60. The van der Waals surface area contributed by atoms with Crippen LogP contribution in [0.2, 0.25) is 0 Å². The topological polar surface area (TPSA) is 29.1 Å². The Bertz CT molecular complexity index is 589. The van der Waals surface area contributed by atoms with Crippen LogP contribution in [0.25, 0.3) is 0 Å². The molecule has 4 aliphatic carbocycles. The van der Waals surface area contributed by atoms with E-state index in [9.17, 15) is 4.79 Å². The van der Waals surface area contributed by atoms with Gasteiger partial charge in [0.25, 0.3) is 0 Å². The number of amides is 1. The molecule has 4 bridgehead atoms. The van der Waals surface area contributed by atoms with Crippen molar-refractivity contribution < 1.29 is 4.79 Å². The van der Waals surface area contributed by atoms with Gasteiger partial charge in [0.2, 0.25) is 5.91 Å². The Kier molecular flexibility index (Phi) is 3.55. The Morgan fingerprint density at radius 2 is 1.78 bits per heavy atom. The maximum absolute atomic E-state index is 13.0. The molecule has 0 spiro atoms. The molecule has 1 N–H and O–H groups in total. The summed E-state index contributed by atoms with van der Waals surface area (Å²) in [6, 6.07) is 9.16. The lowest BCUT2D eigenvalue weighted by Gasteiger charge is -2.61. The molecule has 5 rings (SSSR count). The zero-order chi connectivity index (χ0) is 16.1. The van der Waals surface area contributed by atoms with Crippen LogP contribution in [-0.4, -0.2) is 12.5 Å². The highest BCUT2D eigenvalue weighted by molar-refractivity contribution is 5.83. The van der Waals surface area contributed by atoms with Crippen LogP contribution in [0.1, 0.15) is 63.0 Å². The van der Waals surface area contributed by atoms with E-state index in [0.717, 1.165) is 44.1 Å². The molecule has 0 aliphatic heterocycles. The molecule has 0 saturated heterocycles. The molecule has 2 nitrogen and oxygen atoms in total. The van der Waals surface area contributed by atoms with Gasteiger partial charge in [0.05, 0.1) is 5.41 Å². The van der Waals surface area contributed by atoms with Gasteiger partial charge in [-0.25, -0.2) is 0 Å². The molecular weight excluding hydrogens is 282 g/mol. The number of nitrogens with one attached hydrogen (secondary N) is 1. The fourth-order valence-corrected chi connectivity index (χ4v) is 6.20. The second-order valence-electron chi connectivity index (χ2n) is 8.64. The Morgan fingerprint density at radius 3 is 2.39 bits per heavy atom. The molecule has 1 aromatic carbocycles. The standard InChI is InChI=1S/C21H29NO/c1-3-8-22-19(23)21-12-16-9-17(13-21)11-20(10-16,14-21)18-6-4-15(2)5-7-18/h4-7,16-17H,3,8-14H2,1-2H3,(H,22,23)/t16-,17+,20?,21?. The zero-order valence-electron chi connectivity index (χ0n) is 14.5. The van der Waals surface area contributed by atoms with Gasteiger partial charge in [-0.1, -0.05) is 36.8 Å². The maximum atomic E-state index is 13.0. The van der Waals surface area contributed by atoms with Crippen molar-refractivity contribution in [3.8, 4) is 0 Å². The predicted octanol–water partition coefficient (Wildman–Crippen LogP) is 4.36. The van der Waals surface area contributed by atoms with E-state index in [4.69, 9.17) is 0 Å². The SMILES string of the molecule is CCCNC(=O)C12C[C@H]3C[C@@H](C1)CC(c1ccc(C)cc1)(C3)C2. The summed E-state index contributed by atoms with van der Waals surface area (Å²) in [7, 11) is 0. The molecule has 0 heterocycles. The summed E-state index contributed by atoms with van der Waals surface area (Å²) in [4.78, 5) is 13.0. The molecule has 1 aromatic rings. The van der Waals surface area contributed by atoms with Gasteiger partial charge in [0.15, 0.2) is 0 Å². The van der Waals surface area contributed by atoms with Crippen LogP contribution in [-0.2, 0) is 10.2 Å². The smallest absolute Gasteiger partial charge is 0.226 e. The van der Waals surface area contributed by atoms with E-state index in [2.05, 4.69) is 43.4 Å². The average Bonchev–Trinajstić information content (AvgIpc) is 2.51. The van der Waals surface area contributed by atoms with Crippen molar-refractivity contribution in [3.63, 3.8) is 0 Å². The molecule has 124 valence electrons. The van der Waals surface area contributed by atoms with Gasteiger partial charge in [-0.15, -0.1) is 0 Å². The Labute approximate surface area is 140 Å². The van der Waals surface area contributed by atoms with E-state index in [1.165, 1.54) is 30.4 Å². The Balaban J connectivity index is 1.68. The monoisotopic (exact) mass is 311 g/mol. The van der Waals surface area contributed by atoms with E-state index >= 15 is 0 Å². The lowest BCUT2D eigenvalue weighted by Crippen LogP contribution is -2.59. The molecule has 2 unspecified atom stereocenters. The highest BCUT2D eigenvalue weighted by Crippen LogP contribution is 2.65. The molecule has 23 heavy (non-hydrogen) atoms. The number of hydrogen-bond acceptors (Lipinski definition) is 1. The number of carbonyl (C=O) groups excluding carboxylic acids is 1. The van der Waals surface area contributed by atoms with Gasteiger partial charge >= 0.3 is 0 Å². The summed E-state index contributed by atoms with van der Waals surface area (Å²) in [6.45, 7) is 5.12. The third-order valence-corrected chi connectivity index (χ3v) is 6.74. The lowest BCUT2D eigenvalue weighted by atomic mass is 9.42. The lowest BCUT2D eigenvalue weighted by molar-refractivity contribution is -0.149. The van der Waals surface area contributed by atoms with E-state index in [1.54, 1.807) is 0 Å².